The van der Waals surface area contributed by atoms with Crippen LogP contribution in [0.25, 0.3) is 11.5 Å². The van der Waals surface area contributed by atoms with Gasteiger partial charge in [-0.3, -0.25) is 4.79 Å². The quantitative estimate of drug-likeness (QED) is 0.472. The predicted octanol–water partition coefficient (Wildman–Crippen LogP) is 5.01. The molecule has 0 unspecified atom stereocenters. The van der Waals surface area contributed by atoms with Gasteiger partial charge >= 0.3 is 6.18 Å². The lowest BCUT2D eigenvalue weighted by atomic mass is 10.1. The number of para-hydroxylation sites is 1. The first-order chi connectivity index (χ1) is 13.3. The van der Waals surface area contributed by atoms with E-state index in [1.807, 2.05) is 0 Å². The van der Waals surface area contributed by atoms with Gasteiger partial charge in [-0.1, -0.05) is 36.0 Å². The summed E-state index contributed by atoms with van der Waals surface area (Å²) in [5, 5.41) is 8.88. The molecule has 28 heavy (non-hydrogen) atoms. The zero-order valence-electron chi connectivity index (χ0n) is 14.3. The van der Waals surface area contributed by atoms with Crippen molar-refractivity contribution in [3.8, 4) is 11.5 Å². The van der Waals surface area contributed by atoms with Crippen LogP contribution >= 0.6 is 11.8 Å². The molecule has 0 spiro atoms. The topological polar surface area (TPSA) is 68.0 Å². The SMILES string of the molecule is C[C@H](Sc1nnc(-c2ccccc2F)o1)C(=O)Nc1ccccc1C(F)(F)F. The molecule has 0 aliphatic carbocycles. The van der Waals surface area contributed by atoms with Gasteiger partial charge in [0.1, 0.15) is 5.82 Å². The van der Waals surface area contributed by atoms with E-state index in [2.05, 4.69) is 15.5 Å². The second-order valence-electron chi connectivity index (χ2n) is 5.65. The summed E-state index contributed by atoms with van der Waals surface area (Å²) in [6.07, 6.45) is -4.60. The molecule has 0 fully saturated rings. The Labute approximate surface area is 161 Å². The van der Waals surface area contributed by atoms with Crippen molar-refractivity contribution in [2.24, 2.45) is 0 Å². The first-order valence-corrected chi connectivity index (χ1v) is 8.86. The Balaban J connectivity index is 1.70. The molecule has 0 saturated heterocycles. The monoisotopic (exact) mass is 411 g/mol. The van der Waals surface area contributed by atoms with E-state index >= 15 is 0 Å². The summed E-state index contributed by atoms with van der Waals surface area (Å²) in [7, 11) is 0. The van der Waals surface area contributed by atoms with E-state index in [4.69, 9.17) is 4.42 Å². The molecule has 3 rings (SSSR count). The third kappa shape index (κ3) is 4.50. The molecule has 10 heteroatoms. The highest BCUT2D eigenvalue weighted by Gasteiger charge is 2.34. The lowest BCUT2D eigenvalue weighted by Crippen LogP contribution is -2.24. The minimum Gasteiger partial charge on any atom is -0.411 e. The highest BCUT2D eigenvalue weighted by molar-refractivity contribution is 8.00. The van der Waals surface area contributed by atoms with Gasteiger partial charge < -0.3 is 9.73 Å². The summed E-state index contributed by atoms with van der Waals surface area (Å²) < 4.78 is 58.2. The molecule has 2 aromatic carbocycles. The molecular formula is C18H13F4N3O2S. The summed E-state index contributed by atoms with van der Waals surface area (Å²) in [6, 6.07) is 10.5. The van der Waals surface area contributed by atoms with Crippen LogP contribution in [-0.2, 0) is 11.0 Å². The molecule has 5 nitrogen and oxygen atoms in total. The number of nitrogens with zero attached hydrogens (tertiary/aromatic N) is 2. The maximum Gasteiger partial charge on any atom is 0.418 e. The van der Waals surface area contributed by atoms with Gasteiger partial charge in [0.25, 0.3) is 11.1 Å². The lowest BCUT2D eigenvalue weighted by Gasteiger charge is -2.15. The van der Waals surface area contributed by atoms with Gasteiger partial charge in [-0.15, -0.1) is 10.2 Å². The summed E-state index contributed by atoms with van der Waals surface area (Å²) in [5.74, 6) is -1.28. The number of anilines is 1. The number of alkyl halides is 3. The molecule has 146 valence electrons. The second-order valence-corrected chi connectivity index (χ2v) is 6.94. The molecule has 3 aromatic rings. The van der Waals surface area contributed by atoms with E-state index in [1.54, 1.807) is 6.07 Å². The van der Waals surface area contributed by atoms with E-state index in [0.29, 0.717) is 0 Å². The number of thioether (sulfide) groups is 1. The van der Waals surface area contributed by atoms with Gasteiger partial charge in [-0.2, -0.15) is 13.2 Å². The lowest BCUT2D eigenvalue weighted by molar-refractivity contribution is -0.137. The standard InChI is InChI=1S/C18H13F4N3O2S/c1-10(15(26)23-14-9-5-3-7-12(14)18(20,21)22)28-17-25-24-16(27-17)11-6-2-4-8-13(11)19/h2-10H,1H3,(H,23,26)/t10-/m0/s1. The second kappa shape index (κ2) is 8.01. The average Bonchev–Trinajstić information content (AvgIpc) is 3.09. The zero-order valence-corrected chi connectivity index (χ0v) is 15.1. The largest absolute Gasteiger partial charge is 0.418 e. The molecule has 1 amide bonds. The number of rotatable bonds is 5. The Morgan fingerprint density at radius 1 is 1.11 bits per heavy atom. The highest BCUT2D eigenvalue weighted by Crippen LogP contribution is 2.35. The number of halogens is 4. The maximum atomic E-state index is 13.8. The minimum atomic E-state index is -4.60. The number of aromatic nitrogens is 2. The van der Waals surface area contributed by atoms with Crippen LogP contribution in [0.15, 0.2) is 58.2 Å². The predicted molar refractivity (Wildman–Crippen MR) is 95.1 cm³/mol. The fourth-order valence-electron chi connectivity index (χ4n) is 2.28. The van der Waals surface area contributed by atoms with Gasteiger partial charge in [-0.05, 0) is 31.2 Å². The summed E-state index contributed by atoms with van der Waals surface area (Å²) in [4.78, 5) is 12.3. The van der Waals surface area contributed by atoms with Crippen molar-refractivity contribution in [2.75, 3.05) is 5.32 Å². The summed E-state index contributed by atoms with van der Waals surface area (Å²) in [5.41, 5.74) is -1.18. The van der Waals surface area contributed by atoms with E-state index in [-0.39, 0.29) is 22.4 Å². The van der Waals surface area contributed by atoms with Crippen LogP contribution < -0.4 is 5.32 Å². The number of benzene rings is 2. The molecule has 0 aliphatic heterocycles. The molecule has 1 atom stereocenters. The van der Waals surface area contributed by atoms with Gasteiger partial charge in [0.15, 0.2) is 0 Å². The Morgan fingerprint density at radius 3 is 2.50 bits per heavy atom. The normalized spacial score (nSPS) is 12.6. The molecular weight excluding hydrogens is 398 g/mol. The number of hydrogen-bond acceptors (Lipinski definition) is 5. The van der Waals surface area contributed by atoms with Crippen molar-refractivity contribution < 1.29 is 26.8 Å². The summed E-state index contributed by atoms with van der Waals surface area (Å²) in [6.45, 7) is 1.48. The average molecular weight is 411 g/mol. The minimum absolute atomic E-state index is 0.00925. The molecule has 1 heterocycles. The fraction of sp³-hybridized carbons (Fsp3) is 0.167. The maximum absolute atomic E-state index is 13.8. The van der Waals surface area contributed by atoms with Crippen molar-refractivity contribution in [1.29, 1.82) is 0 Å². The Bertz CT molecular complexity index is 991. The van der Waals surface area contributed by atoms with Crippen LogP contribution in [0.1, 0.15) is 12.5 Å². The molecule has 0 bridgehead atoms. The fourth-order valence-corrected chi connectivity index (χ4v) is 2.96. The first-order valence-electron chi connectivity index (χ1n) is 7.98. The molecule has 1 aromatic heterocycles. The molecule has 0 aliphatic rings. The third-order valence-corrected chi connectivity index (χ3v) is 4.58. The van der Waals surface area contributed by atoms with E-state index in [1.165, 1.54) is 43.3 Å². The first kappa shape index (κ1) is 19.9. The van der Waals surface area contributed by atoms with Crippen molar-refractivity contribution in [1.82, 2.24) is 10.2 Å². The number of nitrogens with one attached hydrogen (secondary N) is 1. The van der Waals surface area contributed by atoms with Gasteiger partial charge in [0.2, 0.25) is 5.91 Å². The molecule has 1 N–H and O–H groups in total. The Morgan fingerprint density at radius 2 is 1.79 bits per heavy atom. The number of amides is 1. The van der Waals surface area contributed by atoms with Crippen LogP contribution in [0.2, 0.25) is 0 Å². The van der Waals surface area contributed by atoms with Crippen LogP contribution in [-0.4, -0.2) is 21.4 Å². The van der Waals surface area contributed by atoms with Crippen LogP contribution in [0.3, 0.4) is 0 Å². The van der Waals surface area contributed by atoms with Crippen molar-refractivity contribution >= 4 is 23.4 Å². The smallest absolute Gasteiger partial charge is 0.411 e. The number of carbonyl (C=O) groups excluding carboxylic acids is 1. The highest BCUT2D eigenvalue weighted by atomic mass is 32.2. The van der Waals surface area contributed by atoms with Gasteiger partial charge in [-0.25, -0.2) is 4.39 Å². The number of carbonyl (C=O) groups is 1. The zero-order chi connectivity index (χ0) is 20.3. The molecule has 0 saturated carbocycles. The van der Waals surface area contributed by atoms with Crippen LogP contribution in [0, 0.1) is 5.82 Å². The van der Waals surface area contributed by atoms with Crippen LogP contribution in [0.5, 0.6) is 0 Å². The van der Waals surface area contributed by atoms with Gasteiger partial charge in [0, 0.05) is 0 Å². The third-order valence-electron chi connectivity index (χ3n) is 3.65. The number of hydrogen-bond donors (Lipinski definition) is 1. The Hall–Kier alpha value is -2.88. The van der Waals surface area contributed by atoms with Crippen molar-refractivity contribution in [3.05, 3.63) is 59.9 Å². The van der Waals surface area contributed by atoms with E-state index in [9.17, 15) is 22.4 Å². The van der Waals surface area contributed by atoms with E-state index in [0.717, 1.165) is 17.8 Å². The van der Waals surface area contributed by atoms with E-state index < -0.39 is 28.7 Å². The Kier molecular flexibility index (Phi) is 5.68. The molecule has 0 radical (unpaired) electrons. The van der Waals surface area contributed by atoms with Crippen molar-refractivity contribution in [2.45, 2.75) is 23.6 Å². The van der Waals surface area contributed by atoms with Crippen LogP contribution in [0.4, 0.5) is 23.2 Å². The van der Waals surface area contributed by atoms with Gasteiger partial charge in [0.05, 0.1) is 22.1 Å². The summed E-state index contributed by atoms with van der Waals surface area (Å²) >= 11 is 0.850. The van der Waals surface area contributed by atoms with Crippen molar-refractivity contribution in [3.63, 3.8) is 0 Å².